The number of sulfonamides is 1. The summed E-state index contributed by atoms with van der Waals surface area (Å²) in [4.78, 5) is 30.1. The molecule has 0 bridgehead atoms. The second-order valence-corrected chi connectivity index (χ2v) is 11.9. The lowest BCUT2D eigenvalue weighted by molar-refractivity contribution is -0.143. The minimum absolute atomic E-state index is 0.117. The second kappa shape index (κ2) is 11.2. The van der Waals surface area contributed by atoms with Crippen LogP contribution in [0.25, 0.3) is 10.2 Å². The van der Waals surface area contributed by atoms with Gasteiger partial charge in [-0.2, -0.15) is 9.30 Å². The van der Waals surface area contributed by atoms with Crippen molar-refractivity contribution in [3.63, 3.8) is 0 Å². The van der Waals surface area contributed by atoms with E-state index in [1.54, 1.807) is 17.6 Å². The molecule has 1 saturated heterocycles. The highest BCUT2D eigenvalue weighted by molar-refractivity contribution is 7.89. The van der Waals surface area contributed by atoms with Gasteiger partial charge >= 0.3 is 5.97 Å². The first-order valence-corrected chi connectivity index (χ1v) is 14.5. The van der Waals surface area contributed by atoms with Crippen LogP contribution in [-0.4, -0.2) is 48.9 Å². The predicted octanol–water partition coefficient (Wildman–Crippen LogP) is 4.53. The molecule has 2 heterocycles. The second-order valence-electron chi connectivity index (χ2n) is 8.55. The van der Waals surface area contributed by atoms with Crippen LogP contribution in [0.15, 0.2) is 46.3 Å². The number of thiazole rings is 1. The van der Waals surface area contributed by atoms with Crippen LogP contribution in [0.1, 0.15) is 48.5 Å². The maximum atomic E-state index is 13.0. The number of carbonyl (C=O) groups excluding carboxylic acids is 2. The van der Waals surface area contributed by atoms with Crippen LogP contribution >= 0.6 is 22.9 Å². The highest BCUT2D eigenvalue weighted by Gasteiger charge is 2.25. The molecule has 0 spiro atoms. The number of nitrogens with zero attached hydrogens (tertiary/aromatic N) is 3. The van der Waals surface area contributed by atoms with E-state index in [0.717, 1.165) is 35.9 Å². The van der Waals surface area contributed by atoms with Crippen molar-refractivity contribution in [2.45, 2.75) is 51.0 Å². The van der Waals surface area contributed by atoms with Crippen LogP contribution in [0.5, 0.6) is 0 Å². The van der Waals surface area contributed by atoms with Gasteiger partial charge in [-0.1, -0.05) is 35.8 Å². The molecule has 0 N–H and O–H groups in total. The Hall–Kier alpha value is -2.53. The SMILES string of the molecule is CCOC(=O)Cn1c(=NC(=O)c2ccc(S(=O)(=O)N3CCCCCC3)cc2)sc2ccc(Cl)c(C)c21. The molecule has 192 valence electrons. The number of amides is 1. The maximum absolute atomic E-state index is 13.0. The van der Waals surface area contributed by atoms with Crippen molar-refractivity contribution < 1.29 is 22.7 Å². The molecule has 4 rings (SSSR count). The van der Waals surface area contributed by atoms with E-state index in [2.05, 4.69) is 4.99 Å². The lowest BCUT2D eigenvalue weighted by atomic mass is 10.2. The number of ether oxygens (including phenoxy) is 1. The molecular weight excluding hydrogens is 522 g/mol. The number of hydrogen-bond donors (Lipinski definition) is 0. The third-order valence-corrected chi connectivity index (χ3v) is 9.49. The van der Waals surface area contributed by atoms with Gasteiger partial charge in [-0.25, -0.2) is 8.42 Å². The van der Waals surface area contributed by atoms with Gasteiger partial charge in [-0.05, 0) is 68.7 Å². The van der Waals surface area contributed by atoms with E-state index in [0.29, 0.717) is 28.4 Å². The summed E-state index contributed by atoms with van der Waals surface area (Å²) in [6, 6.07) is 9.43. The zero-order valence-corrected chi connectivity index (χ0v) is 22.6. The zero-order chi connectivity index (χ0) is 25.9. The fourth-order valence-electron chi connectivity index (χ4n) is 4.24. The van der Waals surface area contributed by atoms with E-state index in [4.69, 9.17) is 16.3 Å². The van der Waals surface area contributed by atoms with E-state index in [-0.39, 0.29) is 23.6 Å². The van der Waals surface area contributed by atoms with Crippen LogP contribution in [0.4, 0.5) is 0 Å². The van der Waals surface area contributed by atoms with E-state index in [1.807, 2.05) is 13.0 Å². The fourth-order valence-corrected chi connectivity index (χ4v) is 6.99. The smallest absolute Gasteiger partial charge is 0.326 e. The summed E-state index contributed by atoms with van der Waals surface area (Å²) in [5, 5.41) is 0.539. The molecule has 1 aromatic heterocycles. The van der Waals surface area contributed by atoms with E-state index >= 15 is 0 Å². The van der Waals surface area contributed by atoms with Gasteiger partial charge < -0.3 is 9.30 Å². The molecule has 1 aliphatic heterocycles. The first-order chi connectivity index (χ1) is 17.2. The Balaban J connectivity index is 1.68. The Morgan fingerprint density at radius 3 is 2.36 bits per heavy atom. The molecule has 0 saturated carbocycles. The average molecular weight is 550 g/mol. The summed E-state index contributed by atoms with van der Waals surface area (Å²) in [6.07, 6.45) is 3.75. The molecule has 0 radical (unpaired) electrons. The van der Waals surface area contributed by atoms with Crippen LogP contribution in [0.2, 0.25) is 5.02 Å². The van der Waals surface area contributed by atoms with Gasteiger partial charge in [-0.3, -0.25) is 9.59 Å². The number of fused-ring (bicyclic) bond motifs is 1. The molecule has 1 aliphatic rings. The standard InChI is InChI=1S/C25H28ClN3O5S2/c1-3-34-22(30)16-29-23-17(2)20(26)12-13-21(23)35-25(29)27-24(31)18-8-10-19(11-9-18)36(32,33)28-14-6-4-5-7-15-28/h8-13H,3-7,14-16H2,1-2H3. The van der Waals surface area contributed by atoms with Crippen molar-refractivity contribution in [2.75, 3.05) is 19.7 Å². The van der Waals surface area contributed by atoms with Crippen molar-refractivity contribution in [2.24, 2.45) is 4.99 Å². The first-order valence-electron chi connectivity index (χ1n) is 11.9. The number of aromatic nitrogens is 1. The fraction of sp³-hybridized carbons (Fsp3) is 0.400. The third-order valence-electron chi connectivity index (χ3n) is 6.12. The minimum Gasteiger partial charge on any atom is -0.465 e. The molecule has 0 aliphatic carbocycles. The Morgan fingerprint density at radius 1 is 1.06 bits per heavy atom. The maximum Gasteiger partial charge on any atom is 0.326 e. The minimum atomic E-state index is -3.61. The highest BCUT2D eigenvalue weighted by Crippen LogP contribution is 2.27. The summed E-state index contributed by atoms with van der Waals surface area (Å²) in [5.41, 5.74) is 1.73. The van der Waals surface area contributed by atoms with Crippen LogP contribution < -0.4 is 4.80 Å². The van der Waals surface area contributed by atoms with Gasteiger partial charge in [0, 0.05) is 23.7 Å². The van der Waals surface area contributed by atoms with Gasteiger partial charge in [0.05, 0.1) is 21.7 Å². The number of rotatable bonds is 6. The molecule has 11 heteroatoms. The average Bonchev–Trinajstić information content (AvgIpc) is 3.02. The molecule has 1 amide bonds. The van der Waals surface area contributed by atoms with E-state index in [9.17, 15) is 18.0 Å². The monoisotopic (exact) mass is 549 g/mol. The number of aryl methyl sites for hydroxylation is 1. The lowest BCUT2D eigenvalue weighted by Gasteiger charge is -2.19. The van der Waals surface area contributed by atoms with Crippen LogP contribution in [0, 0.1) is 6.92 Å². The van der Waals surface area contributed by atoms with Crippen LogP contribution in [0.3, 0.4) is 0 Å². The molecule has 8 nitrogen and oxygen atoms in total. The molecule has 3 aromatic rings. The van der Waals surface area contributed by atoms with Crippen molar-refractivity contribution in [3.8, 4) is 0 Å². The molecule has 0 atom stereocenters. The van der Waals surface area contributed by atoms with Gasteiger partial charge in [-0.15, -0.1) is 0 Å². The molecular formula is C25H28ClN3O5S2. The Bertz CT molecular complexity index is 1450. The number of esters is 1. The number of halogens is 1. The molecule has 0 unspecified atom stereocenters. The van der Waals surface area contributed by atoms with Crippen molar-refractivity contribution in [1.29, 1.82) is 0 Å². The summed E-state index contributed by atoms with van der Waals surface area (Å²) in [5.74, 6) is -0.991. The normalized spacial score (nSPS) is 15.7. The highest BCUT2D eigenvalue weighted by atomic mass is 35.5. The quantitative estimate of drug-likeness (QED) is 0.421. The predicted molar refractivity (Wildman–Crippen MR) is 140 cm³/mol. The zero-order valence-electron chi connectivity index (χ0n) is 20.2. The van der Waals surface area contributed by atoms with E-state index in [1.165, 1.54) is 39.9 Å². The largest absolute Gasteiger partial charge is 0.465 e. The number of carbonyl (C=O) groups is 2. The van der Waals surface area contributed by atoms with Gasteiger partial charge in [0.15, 0.2) is 4.80 Å². The third kappa shape index (κ3) is 5.56. The van der Waals surface area contributed by atoms with Gasteiger partial charge in [0.2, 0.25) is 10.0 Å². The van der Waals surface area contributed by atoms with Gasteiger partial charge in [0.1, 0.15) is 6.54 Å². The molecule has 36 heavy (non-hydrogen) atoms. The number of benzene rings is 2. The Morgan fingerprint density at radius 2 is 1.72 bits per heavy atom. The van der Waals surface area contributed by atoms with Gasteiger partial charge in [0.25, 0.3) is 5.91 Å². The Labute approximate surface area is 219 Å². The summed E-state index contributed by atoms with van der Waals surface area (Å²) >= 11 is 7.57. The van der Waals surface area contributed by atoms with E-state index < -0.39 is 21.9 Å². The first kappa shape index (κ1) is 26.5. The van der Waals surface area contributed by atoms with Crippen molar-refractivity contribution in [1.82, 2.24) is 8.87 Å². The summed E-state index contributed by atoms with van der Waals surface area (Å²) in [7, 11) is -3.61. The Kier molecular flexibility index (Phi) is 8.29. The lowest BCUT2D eigenvalue weighted by Crippen LogP contribution is -2.31. The summed E-state index contributed by atoms with van der Waals surface area (Å²) in [6.45, 7) is 4.70. The van der Waals surface area contributed by atoms with Crippen molar-refractivity contribution in [3.05, 3.63) is 57.3 Å². The topological polar surface area (TPSA) is 98.0 Å². The molecule has 2 aromatic carbocycles. The van der Waals surface area contributed by atoms with Crippen molar-refractivity contribution >= 4 is 55.1 Å². The number of hydrogen-bond acceptors (Lipinski definition) is 6. The summed E-state index contributed by atoms with van der Waals surface area (Å²) < 4.78 is 35.1. The van der Waals surface area contributed by atoms with Crippen LogP contribution in [-0.2, 0) is 26.1 Å². The molecule has 1 fully saturated rings.